The normalized spacial score (nSPS) is 12.5. The van der Waals surface area contributed by atoms with Crippen LogP contribution in [0.1, 0.15) is 28.9 Å². The van der Waals surface area contributed by atoms with Gasteiger partial charge in [-0.15, -0.1) is 0 Å². The molecule has 1 aliphatic rings. The predicted molar refractivity (Wildman–Crippen MR) is 127 cm³/mol. The van der Waals surface area contributed by atoms with Crippen molar-refractivity contribution in [3.05, 3.63) is 83.2 Å². The summed E-state index contributed by atoms with van der Waals surface area (Å²) in [6.07, 6.45) is 2.88. The summed E-state index contributed by atoms with van der Waals surface area (Å²) in [5.41, 5.74) is 4.15. The third-order valence-electron chi connectivity index (χ3n) is 5.53. The maximum atomic E-state index is 13.6. The van der Waals surface area contributed by atoms with Gasteiger partial charge in [-0.25, -0.2) is 17.6 Å². The number of fused-ring (bicyclic) bond motifs is 2. The van der Waals surface area contributed by atoms with Gasteiger partial charge in [-0.2, -0.15) is 0 Å². The molecule has 8 heteroatoms. The number of hydrogen-bond acceptors (Lipinski definition) is 4. The zero-order valence-electron chi connectivity index (χ0n) is 16.9. The number of aromatic nitrogens is 1. The van der Waals surface area contributed by atoms with E-state index in [1.165, 1.54) is 36.4 Å². The van der Waals surface area contributed by atoms with Crippen molar-refractivity contribution in [1.82, 2.24) is 4.57 Å². The summed E-state index contributed by atoms with van der Waals surface area (Å²) in [4.78, 5) is 15.6. The molecule has 6 nitrogen and oxygen atoms in total. The lowest BCUT2D eigenvalue weighted by Crippen LogP contribution is -2.08. The molecule has 0 fully saturated rings. The Morgan fingerprint density at radius 2 is 1.73 bits per heavy atom. The van der Waals surface area contributed by atoms with Crippen LogP contribution < -0.4 is 0 Å². The SMILES string of the molecule is C.CS(=O)(=O)c1c(-c2ccc(C(=O)O)cc2)c2cc3c(cc2n1-c1ccc(F)cc1)C=NC3. The lowest BCUT2D eigenvalue weighted by Gasteiger charge is -2.11. The molecule has 5 rings (SSSR count). The van der Waals surface area contributed by atoms with Crippen LogP contribution in [-0.2, 0) is 16.4 Å². The van der Waals surface area contributed by atoms with E-state index >= 15 is 0 Å². The van der Waals surface area contributed by atoms with Crippen LogP contribution in [0, 0.1) is 5.82 Å². The number of carbonyl (C=O) groups is 1. The van der Waals surface area contributed by atoms with Gasteiger partial charge in [0, 0.05) is 29.1 Å². The lowest BCUT2D eigenvalue weighted by molar-refractivity contribution is 0.0697. The van der Waals surface area contributed by atoms with Crippen molar-refractivity contribution >= 4 is 32.9 Å². The Kier molecular flexibility index (Phi) is 5.41. The first-order chi connectivity index (χ1) is 15.2. The van der Waals surface area contributed by atoms with E-state index in [2.05, 4.69) is 4.99 Å². The van der Waals surface area contributed by atoms with Gasteiger partial charge < -0.3 is 5.11 Å². The van der Waals surface area contributed by atoms with Crippen molar-refractivity contribution < 1.29 is 22.7 Å². The fraction of sp³-hybridized carbons (Fsp3) is 0.120. The second-order valence-electron chi connectivity index (χ2n) is 7.68. The minimum atomic E-state index is -3.75. The summed E-state index contributed by atoms with van der Waals surface area (Å²) in [5.74, 6) is -1.49. The molecule has 0 spiro atoms. The zero-order chi connectivity index (χ0) is 22.6. The van der Waals surface area contributed by atoms with Crippen molar-refractivity contribution in [1.29, 1.82) is 0 Å². The van der Waals surface area contributed by atoms with E-state index in [0.29, 0.717) is 34.3 Å². The molecule has 3 aromatic carbocycles. The van der Waals surface area contributed by atoms with E-state index in [4.69, 9.17) is 0 Å². The number of benzene rings is 3. The minimum Gasteiger partial charge on any atom is -0.478 e. The largest absolute Gasteiger partial charge is 0.478 e. The number of aliphatic imine (C=N–C) groups is 1. The number of hydrogen-bond donors (Lipinski definition) is 1. The van der Waals surface area contributed by atoms with Crippen LogP contribution in [0.15, 0.2) is 70.7 Å². The second kappa shape index (κ2) is 7.97. The third kappa shape index (κ3) is 3.72. The average Bonchev–Trinajstić information content (AvgIpc) is 3.34. The fourth-order valence-electron chi connectivity index (χ4n) is 4.13. The number of halogens is 1. The molecule has 0 saturated carbocycles. The molecule has 0 amide bonds. The van der Waals surface area contributed by atoms with Gasteiger partial charge in [0.25, 0.3) is 0 Å². The molecule has 1 aliphatic heterocycles. The van der Waals surface area contributed by atoms with Crippen LogP contribution >= 0.6 is 0 Å². The summed E-state index contributed by atoms with van der Waals surface area (Å²) in [5, 5.41) is 9.99. The summed E-state index contributed by atoms with van der Waals surface area (Å²) in [7, 11) is -3.75. The first-order valence-electron chi connectivity index (χ1n) is 9.75. The fourth-order valence-corrected chi connectivity index (χ4v) is 5.26. The molecule has 1 aromatic heterocycles. The average molecular weight is 465 g/mol. The molecule has 33 heavy (non-hydrogen) atoms. The van der Waals surface area contributed by atoms with Crippen molar-refractivity contribution in [2.45, 2.75) is 19.0 Å². The summed E-state index contributed by atoms with van der Waals surface area (Å²) in [6, 6.07) is 15.5. The Hall–Kier alpha value is -3.78. The maximum absolute atomic E-state index is 13.6. The minimum absolute atomic E-state index is 0. The molecule has 0 atom stereocenters. The molecular weight excluding hydrogens is 443 g/mol. The Balaban J connectivity index is 0.00000259. The first kappa shape index (κ1) is 22.4. The number of rotatable bonds is 4. The topological polar surface area (TPSA) is 88.7 Å². The number of aromatic carboxylic acids is 1. The summed E-state index contributed by atoms with van der Waals surface area (Å²) < 4.78 is 41.4. The highest BCUT2D eigenvalue weighted by molar-refractivity contribution is 7.90. The molecule has 0 bridgehead atoms. The van der Waals surface area contributed by atoms with E-state index in [-0.39, 0.29) is 18.0 Å². The first-order valence-corrected chi connectivity index (χ1v) is 11.6. The van der Waals surface area contributed by atoms with E-state index in [1.54, 1.807) is 22.9 Å². The molecule has 2 heterocycles. The van der Waals surface area contributed by atoms with Crippen molar-refractivity contribution in [3.63, 3.8) is 0 Å². The predicted octanol–water partition coefficient (Wildman–Crippen LogP) is 5.11. The van der Waals surface area contributed by atoms with Gasteiger partial charge >= 0.3 is 5.97 Å². The molecule has 0 saturated heterocycles. The van der Waals surface area contributed by atoms with Crippen LogP contribution in [0.2, 0.25) is 0 Å². The maximum Gasteiger partial charge on any atom is 0.335 e. The smallest absolute Gasteiger partial charge is 0.335 e. The second-order valence-corrected chi connectivity index (χ2v) is 9.62. The van der Waals surface area contributed by atoms with Gasteiger partial charge in [0.05, 0.1) is 17.6 Å². The highest BCUT2D eigenvalue weighted by Gasteiger charge is 2.28. The molecule has 0 radical (unpaired) electrons. The van der Waals surface area contributed by atoms with Crippen LogP contribution in [0.25, 0.3) is 27.7 Å². The van der Waals surface area contributed by atoms with E-state index in [9.17, 15) is 22.7 Å². The van der Waals surface area contributed by atoms with Crippen LogP contribution in [0.4, 0.5) is 4.39 Å². The van der Waals surface area contributed by atoms with E-state index in [0.717, 1.165) is 17.4 Å². The highest BCUT2D eigenvalue weighted by Crippen LogP contribution is 2.41. The monoisotopic (exact) mass is 464 g/mol. The highest BCUT2D eigenvalue weighted by atomic mass is 32.2. The Labute approximate surface area is 190 Å². The van der Waals surface area contributed by atoms with E-state index < -0.39 is 21.6 Å². The quantitative estimate of drug-likeness (QED) is 0.455. The molecule has 168 valence electrons. The summed E-state index contributed by atoms with van der Waals surface area (Å²) in [6.45, 7) is 0.499. The van der Waals surface area contributed by atoms with Crippen LogP contribution in [0.3, 0.4) is 0 Å². The molecule has 1 N–H and O–H groups in total. The number of sulfone groups is 1. The number of carboxylic acids is 1. The van der Waals surface area contributed by atoms with Gasteiger partial charge in [0.1, 0.15) is 10.8 Å². The van der Waals surface area contributed by atoms with Crippen molar-refractivity contribution in [2.75, 3.05) is 6.26 Å². The van der Waals surface area contributed by atoms with Gasteiger partial charge in [0.15, 0.2) is 9.84 Å². The van der Waals surface area contributed by atoms with Crippen LogP contribution in [-0.4, -0.2) is 36.5 Å². The molecule has 4 aromatic rings. The van der Waals surface area contributed by atoms with Crippen LogP contribution in [0.5, 0.6) is 0 Å². The Morgan fingerprint density at radius 1 is 1.06 bits per heavy atom. The van der Waals surface area contributed by atoms with Gasteiger partial charge in [-0.05, 0) is 65.2 Å². The van der Waals surface area contributed by atoms with Crippen molar-refractivity contribution in [3.8, 4) is 16.8 Å². The molecular formula is C25H21FN2O4S. The summed E-state index contributed by atoms with van der Waals surface area (Å²) >= 11 is 0. The molecule has 0 aliphatic carbocycles. The number of nitrogens with zero attached hydrogens (tertiary/aromatic N) is 2. The zero-order valence-corrected chi connectivity index (χ0v) is 17.7. The lowest BCUT2D eigenvalue weighted by atomic mass is 10.00. The Morgan fingerprint density at radius 3 is 2.33 bits per heavy atom. The van der Waals surface area contributed by atoms with Gasteiger partial charge in [-0.1, -0.05) is 19.6 Å². The van der Waals surface area contributed by atoms with Gasteiger partial charge in [-0.3, -0.25) is 9.56 Å². The number of carboxylic acid groups (broad SMARTS) is 1. The molecule has 0 unspecified atom stereocenters. The van der Waals surface area contributed by atoms with Gasteiger partial charge in [0.2, 0.25) is 0 Å². The van der Waals surface area contributed by atoms with E-state index in [1.807, 2.05) is 12.1 Å². The van der Waals surface area contributed by atoms with Crippen molar-refractivity contribution in [2.24, 2.45) is 4.99 Å². The third-order valence-corrected chi connectivity index (χ3v) is 6.62. The standard InChI is InChI=1S/C24H17FN2O4S.CH4/c1-32(30,31)23-22(14-2-4-15(5-3-14)24(28)29)20-10-16-12-26-13-17(16)11-21(20)27(23)19-8-6-18(25)7-9-19;/h2-11,13H,12H2,1H3,(H,28,29);1H4. The Bertz CT molecular complexity index is 1530.